The van der Waals surface area contributed by atoms with Crippen LogP contribution >= 0.6 is 0 Å². The number of hydrogen-bond acceptors (Lipinski definition) is 4. The van der Waals surface area contributed by atoms with Crippen molar-refractivity contribution < 1.29 is 4.79 Å². The molecule has 1 saturated heterocycles. The molecule has 6 nitrogen and oxygen atoms in total. The highest BCUT2D eigenvalue weighted by Crippen LogP contribution is 2.15. The van der Waals surface area contributed by atoms with Gasteiger partial charge in [0.05, 0.1) is 17.1 Å². The fourth-order valence-electron chi connectivity index (χ4n) is 2.37. The van der Waals surface area contributed by atoms with Crippen LogP contribution in [0.25, 0.3) is 0 Å². The van der Waals surface area contributed by atoms with Gasteiger partial charge in [-0.15, -0.1) is 0 Å². The van der Waals surface area contributed by atoms with E-state index in [1.54, 1.807) is 4.68 Å². The van der Waals surface area contributed by atoms with Crippen LogP contribution in [0.2, 0.25) is 0 Å². The molecule has 2 rings (SSSR count). The maximum Gasteiger partial charge on any atom is 0.244 e. The summed E-state index contributed by atoms with van der Waals surface area (Å²) in [6.45, 7) is 8.67. The van der Waals surface area contributed by atoms with E-state index in [2.05, 4.69) is 24.0 Å². The van der Waals surface area contributed by atoms with E-state index in [-0.39, 0.29) is 12.5 Å². The SMILES string of the molecule is Cc1nn(CC(=O)N2CCN(C)C(C)C2)c(C)c1N. The van der Waals surface area contributed by atoms with Crippen molar-refractivity contribution in [1.82, 2.24) is 19.6 Å². The zero-order valence-corrected chi connectivity index (χ0v) is 12.2. The third-order valence-corrected chi connectivity index (χ3v) is 4.03. The van der Waals surface area contributed by atoms with Gasteiger partial charge in [0.15, 0.2) is 0 Å². The summed E-state index contributed by atoms with van der Waals surface area (Å²) in [5.74, 6) is 0.116. The van der Waals surface area contributed by atoms with E-state index in [0.29, 0.717) is 11.7 Å². The number of likely N-dealkylation sites (N-methyl/N-ethyl adjacent to an activating group) is 1. The summed E-state index contributed by atoms with van der Waals surface area (Å²) in [5, 5.41) is 4.31. The highest BCUT2D eigenvalue weighted by molar-refractivity contribution is 5.76. The normalized spacial score (nSPS) is 20.8. The van der Waals surface area contributed by atoms with Crippen molar-refractivity contribution in [2.75, 3.05) is 32.4 Å². The Labute approximate surface area is 114 Å². The second kappa shape index (κ2) is 5.21. The zero-order valence-electron chi connectivity index (χ0n) is 12.2. The smallest absolute Gasteiger partial charge is 0.244 e. The molecule has 2 heterocycles. The van der Waals surface area contributed by atoms with Crippen molar-refractivity contribution >= 4 is 11.6 Å². The van der Waals surface area contributed by atoms with Crippen molar-refractivity contribution in [3.63, 3.8) is 0 Å². The topological polar surface area (TPSA) is 67.4 Å². The van der Waals surface area contributed by atoms with Gasteiger partial charge in [0.1, 0.15) is 6.54 Å². The molecule has 1 aliphatic rings. The number of anilines is 1. The van der Waals surface area contributed by atoms with Gasteiger partial charge in [-0.2, -0.15) is 5.10 Å². The Hall–Kier alpha value is -1.56. The molecule has 0 radical (unpaired) electrons. The van der Waals surface area contributed by atoms with Gasteiger partial charge in [0.2, 0.25) is 5.91 Å². The van der Waals surface area contributed by atoms with Crippen molar-refractivity contribution in [3.8, 4) is 0 Å². The van der Waals surface area contributed by atoms with Crippen LogP contribution < -0.4 is 5.73 Å². The number of nitrogens with two attached hydrogens (primary N) is 1. The van der Waals surface area contributed by atoms with E-state index >= 15 is 0 Å². The average Bonchev–Trinajstić information content (AvgIpc) is 2.60. The Kier molecular flexibility index (Phi) is 3.80. The number of nitrogen functional groups attached to an aromatic ring is 1. The van der Waals surface area contributed by atoms with Gasteiger partial charge in [0.25, 0.3) is 0 Å². The number of piperazine rings is 1. The van der Waals surface area contributed by atoms with Crippen LogP contribution in [-0.4, -0.2) is 58.2 Å². The van der Waals surface area contributed by atoms with Crippen LogP contribution in [0.15, 0.2) is 0 Å². The number of hydrogen-bond donors (Lipinski definition) is 1. The molecule has 6 heteroatoms. The first-order chi connectivity index (χ1) is 8.90. The molecule has 0 saturated carbocycles. The Morgan fingerprint density at radius 2 is 2.11 bits per heavy atom. The molecule has 1 unspecified atom stereocenters. The lowest BCUT2D eigenvalue weighted by Crippen LogP contribution is -2.52. The number of aromatic nitrogens is 2. The Bertz CT molecular complexity index is 482. The van der Waals surface area contributed by atoms with E-state index in [0.717, 1.165) is 31.0 Å². The summed E-state index contributed by atoms with van der Waals surface area (Å²) in [4.78, 5) is 16.5. The molecule has 1 aliphatic heterocycles. The predicted molar refractivity (Wildman–Crippen MR) is 74.8 cm³/mol. The molecule has 106 valence electrons. The lowest BCUT2D eigenvalue weighted by molar-refractivity contribution is -0.134. The molecule has 0 bridgehead atoms. The largest absolute Gasteiger partial charge is 0.396 e. The molecule has 0 aromatic carbocycles. The van der Waals surface area contributed by atoms with Gasteiger partial charge < -0.3 is 15.5 Å². The van der Waals surface area contributed by atoms with Crippen molar-refractivity contribution in [2.24, 2.45) is 0 Å². The quantitative estimate of drug-likeness (QED) is 0.832. The minimum Gasteiger partial charge on any atom is -0.396 e. The standard InChI is InChI=1S/C13H23N5O/c1-9-7-17(6-5-16(9)4)12(19)8-18-11(3)13(14)10(2)15-18/h9H,5-8,14H2,1-4H3. The van der Waals surface area contributed by atoms with Crippen LogP contribution in [0.5, 0.6) is 0 Å². The molecule has 19 heavy (non-hydrogen) atoms. The summed E-state index contributed by atoms with van der Waals surface area (Å²) in [5.41, 5.74) is 8.22. The molecular weight excluding hydrogens is 242 g/mol. The maximum atomic E-state index is 12.3. The van der Waals surface area contributed by atoms with E-state index < -0.39 is 0 Å². The van der Waals surface area contributed by atoms with Crippen molar-refractivity contribution in [1.29, 1.82) is 0 Å². The molecule has 1 fully saturated rings. The van der Waals surface area contributed by atoms with Gasteiger partial charge in [-0.3, -0.25) is 9.48 Å². The average molecular weight is 265 g/mol. The monoisotopic (exact) mass is 265 g/mol. The van der Waals surface area contributed by atoms with E-state index in [1.165, 1.54) is 0 Å². The summed E-state index contributed by atoms with van der Waals surface area (Å²) in [6.07, 6.45) is 0. The number of nitrogens with zero attached hydrogens (tertiary/aromatic N) is 4. The summed E-state index contributed by atoms with van der Waals surface area (Å²) < 4.78 is 1.70. The third-order valence-electron chi connectivity index (χ3n) is 4.03. The maximum absolute atomic E-state index is 12.3. The number of amides is 1. The lowest BCUT2D eigenvalue weighted by atomic mass is 10.2. The first-order valence-corrected chi connectivity index (χ1v) is 6.67. The van der Waals surface area contributed by atoms with Crippen LogP contribution in [0.4, 0.5) is 5.69 Å². The second-order valence-electron chi connectivity index (χ2n) is 5.41. The number of carbonyl (C=O) groups excluding carboxylic acids is 1. The van der Waals surface area contributed by atoms with Gasteiger partial charge in [0, 0.05) is 25.7 Å². The lowest BCUT2D eigenvalue weighted by Gasteiger charge is -2.37. The van der Waals surface area contributed by atoms with Gasteiger partial charge in [-0.25, -0.2) is 0 Å². The fraction of sp³-hybridized carbons (Fsp3) is 0.692. The number of carbonyl (C=O) groups is 1. The molecule has 1 atom stereocenters. The Morgan fingerprint density at radius 1 is 1.42 bits per heavy atom. The minimum absolute atomic E-state index is 0.116. The third kappa shape index (κ3) is 2.73. The summed E-state index contributed by atoms with van der Waals surface area (Å²) in [6, 6.07) is 0.406. The van der Waals surface area contributed by atoms with E-state index in [1.807, 2.05) is 18.7 Å². The van der Waals surface area contributed by atoms with Gasteiger partial charge in [-0.1, -0.05) is 0 Å². The van der Waals surface area contributed by atoms with Crippen LogP contribution in [0.3, 0.4) is 0 Å². The number of rotatable bonds is 2. The van der Waals surface area contributed by atoms with Crippen molar-refractivity contribution in [3.05, 3.63) is 11.4 Å². The summed E-state index contributed by atoms with van der Waals surface area (Å²) >= 11 is 0. The van der Waals surface area contributed by atoms with E-state index in [9.17, 15) is 4.79 Å². The zero-order chi connectivity index (χ0) is 14.2. The second-order valence-corrected chi connectivity index (χ2v) is 5.41. The molecule has 1 amide bonds. The van der Waals surface area contributed by atoms with Gasteiger partial charge >= 0.3 is 0 Å². The Balaban J connectivity index is 2.03. The molecule has 1 aromatic heterocycles. The highest BCUT2D eigenvalue weighted by atomic mass is 16.2. The fourth-order valence-corrected chi connectivity index (χ4v) is 2.37. The van der Waals surface area contributed by atoms with Crippen LogP contribution in [0, 0.1) is 13.8 Å². The first kappa shape index (κ1) is 13.9. The minimum atomic E-state index is 0.116. The molecule has 1 aromatic rings. The molecule has 2 N–H and O–H groups in total. The first-order valence-electron chi connectivity index (χ1n) is 6.67. The summed E-state index contributed by atoms with van der Waals surface area (Å²) in [7, 11) is 2.09. The molecule has 0 spiro atoms. The van der Waals surface area contributed by atoms with Crippen molar-refractivity contribution in [2.45, 2.75) is 33.4 Å². The molecular formula is C13H23N5O. The van der Waals surface area contributed by atoms with Crippen LogP contribution in [0.1, 0.15) is 18.3 Å². The van der Waals surface area contributed by atoms with E-state index in [4.69, 9.17) is 5.73 Å². The highest BCUT2D eigenvalue weighted by Gasteiger charge is 2.25. The predicted octanol–water partition coefficient (Wildman–Crippen LogP) is 0.245. The number of aryl methyl sites for hydroxylation is 1. The molecule has 0 aliphatic carbocycles. The van der Waals surface area contributed by atoms with Gasteiger partial charge in [-0.05, 0) is 27.8 Å². The Morgan fingerprint density at radius 3 is 2.63 bits per heavy atom. The van der Waals surface area contributed by atoms with Crippen LogP contribution in [-0.2, 0) is 11.3 Å².